The SMILES string of the molecule is CCCC[Si](CC)CC.[CH2-]CC(C)C.[Eu]. The Bertz CT molecular complexity index is 90.5. The zero-order valence-electron chi connectivity index (χ0n) is 11.4. The van der Waals surface area contributed by atoms with E-state index in [4.69, 9.17) is 0 Å². The van der Waals surface area contributed by atoms with E-state index in [1.54, 1.807) is 6.04 Å². The van der Waals surface area contributed by atoms with Crippen LogP contribution < -0.4 is 0 Å². The normalized spacial score (nSPS) is 9.60. The molecule has 0 N–H and O–H groups in total. The second-order valence-corrected chi connectivity index (χ2v) is 7.66. The molecular formula is C13H30EuSi-. The second-order valence-electron chi connectivity index (χ2n) is 4.24. The molecule has 0 fully saturated rings. The molecule has 2 radical (unpaired) electrons. The monoisotopic (exact) mass is 367 g/mol. The second kappa shape index (κ2) is 18.2. The number of unbranched alkanes of at least 4 members (excludes halogenated alkanes) is 1. The van der Waals surface area contributed by atoms with Gasteiger partial charge in [-0.15, -0.1) is 0 Å². The fourth-order valence-corrected chi connectivity index (χ4v) is 3.09. The van der Waals surface area contributed by atoms with Gasteiger partial charge in [0.05, 0.1) is 0 Å². The summed E-state index contributed by atoms with van der Waals surface area (Å²) in [5.74, 6) is 0.773. The standard InChI is InChI=1S/C8H19Si.C5H11.Eu/c1-4-7-8-9(5-2)6-3;1-4-5(2)3;/h4-8H2,1-3H3;5H,1,4H2,2-3H3;/q;-1;. The van der Waals surface area contributed by atoms with E-state index in [9.17, 15) is 0 Å². The van der Waals surface area contributed by atoms with Crippen molar-refractivity contribution in [2.24, 2.45) is 5.92 Å². The Balaban J connectivity index is -0.000000208. The zero-order chi connectivity index (χ0) is 11.4. The Hall–Kier alpha value is 1.80. The van der Waals surface area contributed by atoms with Crippen molar-refractivity contribution >= 4 is 8.80 Å². The molecule has 0 nitrogen and oxygen atoms in total. The molecule has 0 saturated heterocycles. The van der Waals surface area contributed by atoms with Gasteiger partial charge in [0, 0.05) is 58.2 Å². The van der Waals surface area contributed by atoms with Crippen LogP contribution in [0.15, 0.2) is 0 Å². The first-order valence-electron chi connectivity index (χ1n) is 6.24. The van der Waals surface area contributed by atoms with Gasteiger partial charge in [-0.3, -0.25) is 0 Å². The fraction of sp³-hybridized carbons (Fsp3) is 0.923. The predicted molar refractivity (Wildman–Crippen MR) is 71.2 cm³/mol. The molecular weight excluding hydrogens is 336 g/mol. The van der Waals surface area contributed by atoms with Crippen LogP contribution in [0.3, 0.4) is 0 Å². The van der Waals surface area contributed by atoms with Crippen LogP contribution in [-0.4, -0.2) is 8.80 Å². The molecule has 2 heteroatoms. The van der Waals surface area contributed by atoms with Gasteiger partial charge in [-0.05, 0) is 0 Å². The van der Waals surface area contributed by atoms with Gasteiger partial charge in [0.2, 0.25) is 0 Å². The third-order valence-electron chi connectivity index (χ3n) is 2.46. The maximum Gasteiger partial charge on any atom is 0.0473 e. The van der Waals surface area contributed by atoms with Crippen LogP contribution in [0.2, 0.25) is 18.1 Å². The largest absolute Gasteiger partial charge is 0.343 e. The molecule has 0 unspecified atom stereocenters. The van der Waals surface area contributed by atoms with Crippen LogP contribution in [0.5, 0.6) is 0 Å². The maximum atomic E-state index is 3.69. The van der Waals surface area contributed by atoms with E-state index in [0.717, 1.165) is 12.3 Å². The van der Waals surface area contributed by atoms with Crippen molar-refractivity contribution in [3.05, 3.63) is 6.92 Å². The molecule has 0 aliphatic carbocycles. The van der Waals surface area contributed by atoms with Crippen LogP contribution in [0.25, 0.3) is 0 Å². The molecule has 0 bridgehead atoms. The van der Waals surface area contributed by atoms with Gasteiger partial charge in [0.15, 0.2) is 0 Å². The fourth-order valence-electron chi connectivity index (χ4n) is 1.03. The van der Waals surface area contributed by atoms with Crippen LogP contribution in [0.4, 0.5) is 0 Å². The number of hydrogen-bond donors (Lipinski definition) is 0. The van der Waals surface area contributed by atoms with E-state index in [0.29, 0.717) is 0 Å². The minimum atomic E-state index is 0. The first-order chi connectivity index (χ1) is 6.62. The third kappa shape index (κ3) is 21.6. The Labute approximate surface area is 141 Å². The van der Waals surface area contributed by atoms with Gasteiger partial charge in [0.1, 0.15) is 0 Å². The molecule has 0 aromatic heterocycles. The topological polar surface area (TPSA) is 0 Å². The third-order valence-corrected chi connectivity index (χ3v) is 5.52. The molecule has 0 atom stereocenters. The molecule has 0 aliphatic heterocycles. The summed E-state index contributed by atoms with van der Waals surface area (Å²) in [6, 6.07) is 4.50. The molecule has 0 rings (SSSR count). The molecule has 15 heavy (non-hydrogen) atoms. The van der Waals surface area contributed by atoms with Crippen molar-refractivity contribution in [1.82, 2.24) is 0 Å². The summed E-state index contributed by atoms with van der Waals surface area (Å²) in [6.45, 7) is 15.0. The van der Waals surface area contributed by atoms with Gasteiger partial charge >= 0.3 is 0 Å². The molecule has 0 heterocycles. The van der Waals surface area contributed by atoms with Crippen molar-refractivity contribution in [2.45, 2.75) is 72.0 Å². The van der Waals surface area contributed by atoms with Gasteiger partial charge in [-0.1, -0.05) is 71.5 Å². The van der Waals surface area contributed by atoms with Crippen LogP contribution in [-0.2, 0) is 0 Å². The van der Waals surface area contributed by atoms with Gasteiger partial charge in [-0.2, -0.15) is 6.42 Å². The number of rotatable bonds is 6. The van der Waals surface area contributed by atoms with Crippen molar-refractivity contribution in [1.29, 1.82) is 0 Å². The predicted octanol–water partition coefficient (Wildman–Crippen LogP) is 5.19. The molecule has 0 amide bonds. The van der Waals surface area contributed by atoms with E-state index in [2.05, 4.69) is 41.5 Å². The molecule has 94 valence electrons. The molecule has 0 saturated carbocycles. The Morgan fingerprint density at radius 3 is 1.67 bits per heavy atom. The average molecular weight is 366 g/mol. The minimum absolute atomic E-state index is 0. The van der Waals surface area contributed by atoms with Crippen LogP contribution in [0, 0.1) is 62.2 Å². The Kier molecular flexibility index (Phi) is 26.7. The van der Waals surface area contributed by atoms with Gasteiger partial charge < -0.3 is 6.92 Å². The van der Waals surface area contributed by atoms with Crippen molar-refractivity contribution in [3.63, 3.8) is 0 Å². The molecule has 0 spiro atoms. The summed E-state index contributed by atoms with van der Waals surface area (Å²) < 4.78 is 0. The van der Waals surface area contributed by atoms with Crippen LogP contribution in [0.1, 0.15) is 53.9 Å². The van der Waals surface area contributed by atoms with E-state index >= 15 is 0 Å². The van der Waals surface area contributed by atoms with E-state index < -0.39 is 0 Å². The maximum absolute atomic E-state index is 3.69. The van der Waals surface area contributed by atoms with Crippen LogP contribution >= 0.6 is 0 Å². The summed E-state index contributed by atoms with van der Waals surface area (Å²) in [7, 11) is 0.114. The van der Waals surface area contributed by atoms with Crippen molar-refractivity contribution < 1.29 is 49.4 Å². The Morgan fingerprint density at radius 1 is 1.07 bits per heavy atom. The quantitative estimate of drug-likeness (QED) is 0.448. The molecule has 0 aliphatic rings. The summed E-state index contributed by atoms with van der Waals surface area (Å²) >= 11 is 0. The summed E-state index contributed by atoms with van der Waals surface area (Å²) in [5, 5.41) is 0. The molecule has 0 aromatic carbocycles. The summed E-state index contributed by atoms with van der Waals surface area (Å²) in [6.07, 6.45) is 3.91. The van der Waals surface area contributed by atoms with Gasteiger partial charge in [-0.25, -0.2) is 0 Å². The Morgan fingerprint density at radius 2 is 1.47 bits per heavy atom. The van der Waals surface area contributed by atoms with E-state index in [1.165, 1.54) is 24.9 Å². The number of hydrogen-bond acceptors (Lipinski definition) is 0. The van der Waals surface area contributed by atoms with E-state index in [-0.39, 0.29) is 58.2 Å². The zero-order valence-corrected chi connectivity index (χ0v) is 14.8. The summed E-state index contributed by atoms with van der Waals surface area (Å²) in [4.78, 5) is 0. The summed E-state index contributed by atoms with van der Waals surface area (Å²) in [5.41, 5.74) is 0. The van der Waals surface area contributed by atoms with Crippen molar-refractivity contribution in [2.75, 3.05) is 0 Å². The average Bonchev–Trinajstić information content (AvgIpc) is 2.20. The first kappa shape index (κ1) is 22.0. The first-order valence-corrected chi connectivity index (χ1v) is 8.37. The van der Waals surface area contributed by atoms with E-state index in [1.807, 2.05) is 0 Å². The minimum Gasteiger partial charge on any atom is -0.343 e. The smallest absolute Gasteiger partial charge is 0.0473 e. The van der Waals surface area contributed by atoms with Gasteiger partial charge in [0.25, 0.3) is 0 Å². The van der Waals surface area contributed by atoms with Crippen molar-refractivity contribution in [3.8, 4) is 0 Å². The molecule has 0 aromatic rings.